The summed E-state index contributed by atoms with van der Waals surface area (Å²) in [4.78, 5) is 2.77. The first-order valence-electron chi connectivity index (χ1n) is 19.3. The maximum atomic E-state index is 7.86. The molecule has 0 bridgehead atoms. The van der Waals surface area contributed by atoms with Gasteiger partial charge >= 0.3 is 0 Å². The normalized spacial score (nSPS) is 23.4. The van der Waals surface area contributed by atoms with Crippen LogP contribution in [0, 0.1) is 0 Å². The molecule has 1 aliphatic heterocycles. The van der Waals surface area contributed by atoms with E-state index in [0.29, 0.717) is 0 Å². The average Bonchev–Trinajstić information content (AvgIpc) is 4.00. The van der Waals surface area contributed by atoms with E-state index in [-0.39, 0.29) is 6.04 Å². The molecule has 5 aliphatic rings. The zero-order chi connectivity index (χ0) is 33.5. The SMILES string of the molecule is CC1=CN(C(C)c2ccccc2)C23C4=c5ccc6c7ccc8c9ccc%10c%11ccc%12c%13c(c%14c%15c2c5c6c2c7c8c5c9c%10c(c%13%11)c%14c5c%152)C3(O1)C=%12C=C4. The van der Waals surface area contributed by atoms with Gasteiger partial charge in [0.15, 0.2) is 5.60 Å². The van der Waals surface area contributed by atoms with Crippen LogP contribution in [0.3, 0.4) is 0 Å². The van der Waals surface area contributed by atoms with Crippen LogP contribution in [0.25, 0.3) is 130 Å². The molecule has 0 saturated carbocycles. The summed E-state index contributed by atoms with van der Waals surface area (Å²) in [7, 11) is 0. The van der Waals surface area contributed by atoms with Gasteiger partial charge in [0, 0.05) is 22.9 Å². The van der Waals surface area contributed by atoms with Crippen LogP contribution in [0.1, 0.15) is 36.6 Å². The van der Waals surface area contributed by atoms with Crippen LogP contribution in [-0.4, -0.2) is 4.90 Å². The molecule has 13 aromatic rings. The highest BCUT2D eigenvalue weighted by molar-refractivity contribution is 6.64. The second-order valence-electron chi connectivity index (χ2n) is 17.3. The number of benzene rings is 9. The van der Waals surface area contributed by atoms with Gasteiger partial charge in [-0.15, -0.1) is 0 Å². The Morgan fingerprint density at radius 2 is 0.925 bits per heavy atom. The molecule has 1 heterocycles. The summed E-state index contributed by atoms with van der Waals surface area (Å²) in [6.45, 7) is 4.63. The highest BCUT2D eigenvalue weighted by Crippen LogP contribution is 2.75. The molecule has 3 unspecified atom stereocenters. The highest BCUT2D eigenvalue weighted by atomic mass is 16.5. The minimum Gasteiger partial charge on any atom is -0.478 e. The minimum absolute atomic E-state index is 0.0985. The zero-order valence-electron chi connectivity index (χ0n) is 28.7. The molecule has 0 fully saturated rings. The lowest BCUT2D eigenvalue weighted by atomic mass is 9.57. The van der Waals surface area contributed by atoms with Crippen molar-refractivity contribution in [2.45, 2.75) is 31.0 Å². The highest BCUT2D eigenvalue weighted by Gasteiger charge is 2.72. The lowest BCUT2D eigenvalue weighted by molar-refractivity contribution is -0.0906. The Morgan fingerprint density at radius 3 is 1.53 bits per heavy atom. The number of hydrogen-bond donors (Lipinski definition) is 0. The van der Waals surface area contributed by atoms with Gasteiger partial charge in [-0.3, -0.25) is 0 Å². The van der Waals surface area contributed by atoms with E-state index in [0.717, 1.165) is 5.76 Å². The van der Waals surface area contributed by atoms with Crippen molar-refractivity contribution in [3.63, 3.8) is 0 Å². The van der Waals surface area contributed by atoms with Crippen molar-refractivity contribution in [3.8, 4) is 0 Å². The molecular formula is C51H23NO. The van der Waals surface area contributed by atoms with Crippen LogP contribution in [0.5, 0.6) is 0 Å². The largest absolute Gasteiger partial charge is 0.478 e. The standard InChI is InChI=1S/C51H23NO/c1-19-18-52(20(2)21-6-4-3-5-7-21)50-30-16-17-31-29-15-13-27-25-11-9-23-22-8-10-24-26-12-14-28(30)38-36(26)41-34(24)32(22)40-33(23)35(25)42-37(27)39(29)49(51(31,50)53-19)47-45(42)43(40)44(41)46(47)48(38)50/h3-18,20H,1-2H3. The summed E-state index contributed by atoms with van der Waals surface area (Å²) >= 11 is 0. The first kappa shape index (κ1) is 24.0. The van der Waals surface area contributed by atoms with Gasteiger partial charge in [0.2, 0.25) is 0 Å². The Morgan fingerprint density at radius 1 is 0.472 bits per heavy atom. The Bertz CT molecular complexity index is 4170. The van der Waals surface area contributed by atoms with Gasteiger partial charge in [0.1, 0.15) is 11.3 Å². The van der Waals surface area contributed by atoms with Crippen LogP contribution in [0.15, 0.2) is 103 Å². The van der Waals surface area contributed by atoms with E-state index in [1.807, 2.05) is 0 Å². The van der Waals surface area contributed by atoms with E-state index in [9.17, 15) is 0 Å². The predicted molar refractivity (Wildman–Crippen MR) is 219 cm³/mol. The van der Waals surface area contributed by atoms with Gasteiger partial charge in [-0.05, 0) is 154 Å². The molecule has 2 spiro atoms. The number of allylic oxidation sites excluding steroid dienone is 1. The van der Waals surface area contributed by atoms with E-state index in [2.05, 4.69) is 116 Å². The molecule has 4 aliphatic carbocycles. The second kappa shape index (κ2) is 6.46. The fourth-order valence-electron chi connectivity index (χ4n) is 14.7. The minimum atomic E-state index is -0.736. The topological polar surface area (TPSA) is 12.5 Å². The molecule has 2 nitrogen and oxygen atoms in total. The summed E-state index contributed by atoms with van der Waals surface area (Å²) in [6, 6.07) is 31.0. The van der Waals surface area contributed by atoms with Gasteiger partial charge in [-0.25, -0.2) is 0 Å². The molecule has 0 N–H and O–H groups in total. The van der Waals surface area contributed by atoms with Crippen molar-refractivity contribution < 1.29 is 4.74 Å². The van der Waals surface area contributed by atoms with Crippen molar-refractivity contribution in [1.29, 1.82) is 0 Å². The van der Waals surface area contributed by atoms with Crippen LogP contribution >= 0.6 is 0 Å². The lowest BCUT2D eigenvalue weighted by Gasteiger charge is -2.62. The third kappa shape index (κ3) is 1.75. The number of hydrogen-bond acceptors (Lipinski definition) is 2. The Kier molecular flexibility index (Phi) is 2.92. The van der Waals surface area contributed by atoms with E-state index in [4.69, 9.17) is 4.74 Å². The van der Waals surface area contributed by atoms with E-state index < -0.39 is 11.1 Å². The number of nitrogens with zero attached hydrogens (tertiary/aromatic N) is 1. The summed E-state index contributed by atoms with van der Waals surface area (Å²) in [6.07, 6.45) is 7.36. The van der Waals surface area contributed by atoms with Gasteiger partial charge in [-0.2, -0.15) is 0 Å². The maximum Gasteiger partial charge on any atom is 0.192 e. The van der Waals surface area contributed by atoms with Crippen LogP contribution < -0.4 is 10.4 Å². The van der Waals surface area contributed by atoms with Gasteiger partial charge in [0.05, 0.1) is 6.04 Å². The summed E-state index contributed by atoms with van der Waals surface area (Å²) in [5, 5.41) is 35.1. The smallest absolute Gasteiger partial charge is 0.192 e. The fourth-order valence-corrected chi connectivity index (χ4v) is 14.7. The van der Waals surface area contributed by atoms with Crippen molar-refractivity contribution in [1.82, 2.24) is 4.90 Å². The molecule has 2 heteroatoms. The van der Waals surface area contributed by atoms with Gasteiger partial charge in [-0.1, -0.05) is 91.0 Å². The Hall–Kier alpha value is -6.38. The zero-order valence-corrected chi connectivity index (χ0v) is 28.7. The first-order chi connectivity index (χ1) is 26.2. The van der Waals surface area contributed by atoms with Crippen molar-refractivity contribution in [3.05, 3.63) is 130 Å². The Labute approximate surface area is 299 Å². The summed E-state index contributed by atoms with van der Waals surface area (Å²) < 4.78 is 7.86. The molecule has 3 atom stereocenters. The molecular weight excluding hydrogens is 643 g/mol. The number of ether oxygens (including phenoxy) is 1. The quantitative estimate of drug-likeness (QED) is 0.170. The van der Waals surface area contributed by atoms with Crippen LogP contribution in [-0.2, 0) is 15.9 Å². The molecule has 0 aromatic heterocycles. The third-order valence-electron chi connectivity index (χ3n) is 15.9. The lowest BCUT2D eigenvalue weighted by Crippen LogP contribution is -2.63. The average molecular weight is 666 g/mol. The van der Waals surface area contributed by atoms with E-state index >= 15 is 0 Å². The van der Waals surface area contributed by atoms with Crippen LogP contribution in [0.4, 0.5) is 0 Å². The molecule has 53 heavy (non-hydrogen) atoms. The van der Waals surface area contributed by atoms with Crippen molar-refractivity contribution in [2.75, 3.05) is 0 Å². The molecule has 0 saturated heterocycles. The Balaban J connectivity index is 1.29. The summed E-state index contributed by atoms with van der Waals surface area (Å²) in [5.41, 5.74) is 5.65. The van der Waals surface area contributed by atoms with E-state index in [1.54, 1.807) is 0 Å². The predicted octanol–water partition coefficient (Wildman–Crippen LogP) is 11.1. The van der Waals surface area contributed by atoms with Gasteiger partial charge in [0.25, 0.3) is 0 Å². The van der Waals surface area contributed by atoms with Crippen LogP contribution in [0.2, 0.25) is 0 Å². The van der Waals surface area contributed by atoms with Crippen molar-refractivity contribution in [2.24, 2.45) is 0 Å². The first-order valence-corrected chi connectivity index (χ1v) is 19.3. The maximum absolute atomic E-state index is 7.86. The second-order valence-corrected chi connectivity index (χ2v) is 17.3. The fraction of sp³-hybridized carbons (Fsp3) is 0.0980. The molecule has 13 aromatic carbocycles. The summed E-state index contributed by atoms with van der Waals surface area (Å²) in [5.74, 6) is 0.983. The monoisotopic (exact) mass is 665 g/mol. The molecule has 0 radical (unpaired) electrons. The van der Waals surface area contributed by atoms with Gasteiger partial charge < -0.3 is 9.64 Å². The molecule has 238 valence electrons. The van der Waals surface area contributed by atoms with Crippen molar-refractivity contribution >= 4 is 130 Å². The van der Waals surface area contributed by atoms with E-state index in [1.165, 1.54) is 157 Å². The number of rotatable bonds is 2. The number of fused-ring (bicyclic) bond motifs is 3. The molecule has 18 rings (SSSR count). The third-order valence-corrected chi connectivity index (χ3v) is 15.9. The molecule has 0 amide bonds.